The monoisotopic (exact) mass is 154 g/mol. The van der Waals surface area contributed by atoms with E-state index in [1.54, 1.807) is 0 Å². The lowest BCUT2D eigenvalue weighted by atomic mass is 10.1. The summed E-state index contributed by atoms with van der Waals surface area (Å²) in [7, 11) is 0. The maximum absolute atomic E-state index is 9.85. The van der Waals surface area contributed by atoms with Crippen LogP contribution in [0.1, 0.15) is 13.8 Å². The van der Waals surface area contributed by atoms with Crippen molar-refractivity contribution in [2.24, 2.45) is 15.9 Å². The van der Waals surface area contributed by atoms with Crippen molar-refractivity contribution in [3.63, 3.8) is 0 Å². The Kier molecular flexibility index (Phi) is 4.91. The van der Waals surface area contributed by atoms with Gasteiger partial charge in [-0.05, 0) is 5.92 Å². The Bertz CT molecular complexity index is 200. The van der Waals surface area contributed by atoms with Gasteiger partial charge in [-0.1, -0.05) is 13.8 Å². The highest BCUT2D eigenvalue weighted by Gasteiger charge is 2.10. The number of hydrogen-bond donors (Lipinski definition) is 0. The van der Waals surface area contributed by atoms with Gasteiger partial charge in [-0.15, -0.1) is 0 Å². The van der Waals surface area contributed by atoms with Crippen molar-refractivity contribution in [3.8, 4) is 0 Å². The van der Waals surface area contributed by atoms with Crippen LogP contribution in [0.5, 0.6) is 0 Å². The van der Waals surface area contributed by atoms with Crippen LogP contribution in [0.25, 0.3) is 0 Å². The molecular formula is C7H10N2O2. The summed E-state index contributed by atoms with van der Waals surface area (Å²) < 4.78 is 0. The second-order valence-electron chi connectivity index (χ2n) is 2.46. The van der Waals surface area contributed by atoms with Gasteiger partial charge in [0.2, 0.25) is 12.2 Å². The third kappa shape index (κ3) is 4.20. The molecule has 0 fully saturated rings. The lowest BCUT2D eigenvalue weighted by Crippen LogP contribution is -2.16. The molecule has 0 aliphatic heterocycles. The minimum absolute atomic E-state index is 0.188. The fraction of sp³-hybridized carbons (Fsp3) is 0.714. The molecule has 0 rings (SSSR count). The van der Waals surface area contributed by atoms with Gasteiger partial charge >= 0.3 is 0 Å². The number of carbonyl (C=O) groups excluding carboxylic acids is 2. The molecular weight excluding hydrogens is 144 g/mol. The quantitative estimate of drug-likeness (QED) is 0.441. The molecule has 0 aliphatic carbocycles. The zero-order valence-electron chi connectivity index (χ0n) is 6.57. The molecule has 4 nitrogen and oxygen atoms in total. The van der Waals surface area contributed by atoms with Crippen molar-refractivity contribution >= 4 is 12.2 Å². The second kappa shape index (κ2) is 5.54. The van der Waals surface area contributed by atoms with Crippen LogP contribution in [0.2, 0.25) is 0 Å². The van der Waals surface area contributed by atoms with Gasteiger partial charge in [0.15, 0.2) is 0 Å². The molecule has 0 amide bonds. The summed E-state index contributed by atoms with van der Waals surface area (Å²) in [5.41, 5.74) is 0. The fourth-order valence-electron chi connectivity index (χ4n) is 0.599. The van der Waals surface area contributed by atoms with Gasteiger partial charge < -0.3 is 0 Å². The molecule has 0 bridgehead atoms. The van der Waals surface area contributed by atoms with Crippen LogP contribution < -0.4 is 0 Å². The Morgan fingerprint density at radius 3 is 2.27 bits per heavy atom. The van der Waals surface area contributed by atoms with Crippen molar-refractivity contribution < 1.29 is 9.59 Å². The van der Waals surface area contributed by atoms with E-state index in [9.17, 15) is 9.59 Å². The Hall–Kier alpha value is -1.24. The van der Waals surface area contributed by atoms with Gasteiger partial charge in [-0.25, -0.2) is 19.6 Å². The molecule has 0 aromatic rings. The van der Waals surface area contributed by atoms with Crippen molar-refractivity contribution in [1.82, 2.24) is 0 Å². The number of aliphatic imine (C=N–C) groups is 2. The van der Waals surface area contributed by atoms with Gasteiger partial charge in [0.1, 0.15) is 0 Å². The molecule has 0 heterocycles. The molecule has 0 aromatic carbocycles. The second-order valence-corrected chi connectivity index (χ2v) is 2.46. The fourth-order valence-corrected chi connectivity index (χ4v) is 0.599. The Morgan fingerprint density at radius 2 is 1.91 bits per heavy atom. The molecule has 1 atom stereocenters. The Morgan fingerprint density at radius 1 is 1.27 bits per heavy atom. The van der Waals surface area contributed by atoms with E-state index in [0.29, 0.717) is 0 Å². The summed E-state index contributed by atoms with van der Waals surface area (Å²) in [6, 6.07) is -0.242. The number of hydrogen-bond acceptors (Lipinski definition) is 4. The molecule has 0 saturated heterocycles. The molecule has 4 heteroatoms. The smallest absolute Gasteiger partial charge is 0.211 e. The van der Waals surface area contributed by atoms with E-state index < -0.39 is 0 Å². The predicted octanol–water partition coefficient (Wildman–Crippen LogP) is 0.683. The SMILES string of the molecule is CC(C)C(CN=C=O)N=C=O. The Labute approximate surface area is 65.0 Å². The zero-order chi connectivity index (χ0) is 8.69. The van der Waals surface area contributed by atoms with E-state index in [2.05, 4.69) is 9.98 Å². The zero-order valence-corrected chi connectivity index (χ0v) is 6.57. The molecule has 0 aromatic heterocycles. The highest BCUT2D eigenvalue weighted by atomic mass is 16.1. The molecule has 1 unspecified atom stereocenters. The highest BCUT2D eigenvalue weighted by Crippen LogP contribution is 2.05. The predicted molar refractivity (Wildman–Crippen MR) is 39.7 cm³/mol. The van der Waals surface area contributed by atoms with E-state index in [4.69, 9.17) is 0 Å². The standard InChI is InChI=1S/C7H10N2O2/c1-6(2)7(9-5-11)3-8-4-10/h6-7H,3H2,1-2H3. The van der Waals surface area contributed by atoms with Gasteiger partial charge in [0, 0.05) is 0 Å². The summed E-state index contributed by atoms with van der Waals surface area (Å²) in [5, 5.41) is 0. The maximum atomic E-state index is 9.85. The van der Waals surface area contributed by atoms with Crippen LogP contribution in [0.15, 0.2) is 9.98 Å². The molecule has 0 spiro atoms. The number of isocyanates is 2. The third-order valence-corrected chi connectivity index (χ3v) is 1.33. The van der Waals surface area contributed by atoms with E-state index >= 15 is 0 Å². The van der Waals surface area contributed by atoms with Gasteiger partial charge in [-0.2, -0.15) is 0 Å². The van der Waals surface area contributed by atoms with E-state index in [1.807, 2.05) is 13.8 Å². The molecule has 0 radical (unpaired) electrons. The van der Waals surface area contributed by atoms with Crippen LogP contribution in [0.3, 0.4) is 0 Å². The van der Waals surface area contributed by atoms with Crippen LogP contribution in [0.4, 0.5) is 0 Å². The largest absolute Gasteiger partial charge is 0.235 e. The molecule has 60 valence electrons. The first-order valence-electron chi connectivity index (χ1n) is 3.33. The first kappa shape index (κ1) is 9.76. The van der Waals surface area contributed by atoms with E-state index in [1.165, 1.54) is 12.2 Å². The molecule has 0 saturated carbocycles. The average molecular weight is 154 g/mol. The Balaban J connectivity index is 4.09. The lowest BCUT2D eigenvalue weighted by Gasteiger charge is -2.09. The molecule has 11 heavy (non-hydrogen) atoms. The average Bonchev–Trinajstić information content (AvgIpc) is 1.97. The summed E-state index contributed by atoms with van der Waals surface area (Å²) in [4.78, 5) is 26.4. The molecule has 0 N–H and O–H groups in total. The summed E-state index contributed by atoms with van der Waals surface area (Å²) in [6.07, 6.45) is 2.84. The summed E-state index contributed by atoms with van der Waals surface area (Å²) >= 11 is 0. The normalized spacial score (nSPS) is 11.5. The van der Waals surface area contributed by atoms with Crippen LogP contribution >= 0.6 is 0 Å². The van der Waals surface area contributed by atoms with Crippen molar-refractivity contribution in [2.75, 3.05) is 6.54 Å². The minimum atomic E-state index is -0.242. The van der Waals surface area contributed by atoms with Crippen molar-refractivity contribution in [1.29, 1.82) is 0 Å². The number of nitrogens with zero attached hydrogens (tertiary/aromatic N) is 2. The maximum Gasteiger partial charge on any atom is 0.235 e. The van der Waals surface area contributed by atoms with Crippen molar-refractivity contribution in [3.05, 3.63) is 0 Å². The lowest BCUT2D eigenvalue weighted by molar-refractivity contribution is 0.490. The molecule has 0 aliphatic rings. The van der Waals surface area contributed by atoms with Crippen LogP contribution in [0, 0.1) is 5.92 Å². The summed E-state index contributed by atoms with van der Waals surface area (Å²) in [6.45, 7) is 4.01. The van der Waals surface area contributed by atoms with Crippen LogP contribution in [-0.4, -0.2) is 24.7 Å². The first-order chi connectivity index (χ1) is 5.22. The third-order valence-electron chi connectivity index (χ3n) is 1.33. The topological polar surface area (TPSA) is 58.9 Å². The first-order valence-corrected chi connectivity index (χ1v) is 3.33. The summed E-state index contributed by atoms with van der Waals surface area (Å²) in [5.74, 6) is 0.188. The van der Waals surface area contributed by atoms with E-state index in [0.717, 1.165) is 0 Å². The van der Waals surface area contributed by atoms with Gasteiger partial charge in [0.05, 0.1) is 12.6 Å². The van der Waals surface area contributed by atoms with Crippen molar-refractivity contribution in [2.45, 2.75) is 19.9 Å². The van der Waals surface area contributed by atoms with Crippen LogP contribution in [-0.2, 0) is 9.59 Å². The van der Waals surface area contributed by atoms with Gasteiger partial charge in [-0.3, -0.25) is 0 Å². The van der Waals surface area contributed by atoms with Gasteiger partial charge in [0.25, 0.3) is 0 Å². The highest BCUT2D eigenvalue weighted by molar-refractivity contribution is 5.35. The minimum Gasteiger partial charge on any atom is -0.211 e. The number of rotatable bonds is 4. The van der Waals surface area contributed by atoms with E-state index in [-0.39, 0.29) is 18.5 Å².